The number of thiazole rings is 1. The minimum Gasteiger partial charge on any atom is -0.459 e. The molecule has 2 aliphatic heterocycles. The SMILES string of the molecule is Cc1sc(-c2c(F)ccc3c2nc(O[C@@H]2C[C@H]4C(=O)C[C@]5(C(=O)NS(=O)(=O)N(C)C)C[C@@H]5/C=C\CCCCC[C@H](NC(=O)OC(C)(C)C)C(=O)N4C2)n3C(C)C)nc1C(C)C. The second-order valence-corrected chi connectivity index (χ2v) is 21.4. The van der Waals surface area contributed by atoms with Crippen LogP contribution in [0.15, 0.2) is 24.3 Å². The number of nitrogens with one attached hydrogen (secondary N) is 2. The number of allylic oxidation sites excluding steroid dienone is 2. The van der Waals surface area contributed by atoms with Gasteiger partial charge in [0.05, 0.1) is 34.8 Å². The number of benzene rings is 1. The third-order valence-corrected chi connectivity index (χ3v) is 14.0. The predicted molar refractivity (Wildman–Crippen MR) is 231 cm³/mol. The normalized spacial score (nSPS) is 24.7. The van der Waals surface area contributed by atoms with Crippen LogP contribution in [0.25, 0.3) is 21.6 Å². The van der Waals surface area contributed by atoms with Crippen molar-refractivity contribution in [3.63, 3.8) is 0 Å². The smallest absolute Gasteiger partial charge is 0.408 e. The van der Waals surface area contributed by atoms with E-state index in [4.69, 9.17) is 19.4 Å². The maximum absolute atomic E-state index is 15.8. The van der Waals surface area contributed by atoms with Crippen LogP contribution in [0.4, 0.5) is 9.18 Å². The van der Waals surface area contributed by atoms with Crippen molar-refractivity contribution >= 4 is 56.3 Å². The molecule has 3 aromatic rings. The van der Waals surface area contributed by atoms with E-state index in [2.05, 4.69) is 10.0 Å². The van der Waals surface area contributed by atoms with Gasteiger partial charge in [0.2, 0.25) is 11.8 Å². The van der Waals surface area contributed by atoms with Gasteiger partial charge in [-0.3, -0.25) is 19.0 Å². The average Bonchev–Trinajstić information content (AvgIpc) is 3.41. The number of aromatic nitrogens is 3. The Morgan fingerprint density at radius 2 is 1.80 bits per heavy atom. The lowest BCUT2D eigenvalue weighted by Crippen LogP contribution is -2.53. The van der Waals surface area contributed by atoms with Crippen molar-refractivity contribution in [2.45, 2.75) is 143 Å². The number of ketones is 1. The van der Waals surface area contributed by atoms with Crippen LogP contribution in [0, 0.1) is 24.1 Å². The number of nitrogens with zero attached hydrogens (tertiary/aromatic N) is 5. The molecule has 3 amide bonds. The molecule has 2 aromatic heterocycles. The first-order chi connectivity index (χ1) is 28.5. The first-order valence-electron chi connectivity index (χ1n) is 21.1. The van der Waals surface area contributed by atoms with Crippen molar-refractivity contribution in [3.05, 3.63) is 40.7 Å². The number of carbonyl (C=O) groups is 4. The molecule has 5 atom stereocenters. The summed E-state index contributed by atoms with van der Waals surface area (Å²) in [5.74, 6) is -2.47. The van der Waals surface area contributed by atoms with Gasteiger partial charge in [0, 0.05) is 37.9 Å². The second-order valence-electron chi connectivity index (χ2n) is 18.3. The van der Waals surface area contributed by atoms with E-state index in [1.54, 1.807) is 26.8 Å². The molecule has 4 heterocycles. The number of hydrogen-bond donors (Lipinski definition) is 2. The Balaban J connectivity index is 1.38. The first kappa shape index (κ1) is 46.1. The summed E-state index contributed by atoms with van der Waals surface area (Å²) < 4.78 is 58.5. The van der Waals surface area contributed by atoms with Crippen LogP contribution >= 0.6 is 11.3 Å². The lowest BCUT2D eigenvalue weighted by molar-refractivity contribution is -0.140. The Morgan fingerprint density at radius 1 is 1.08 bits per heavy atom. The molecule has 61 heavy (non-hydrogen) atoms. The number of Topliss-reactive ketones (excluding diaryl/α,β-unsaturated/α-hetero) is 1. The molecule has 2 N–H and O–H groups in total. The van der Waals surface area contributed by atoms with E-state index in [0.29, 0.717) is 28.9 Å². The van der Waals surface area contributed by atoms with E-state index < -0.39 is 74.8 Å². The van der Waals surface area contributed by atoms with Gasteiger partial charge < -0.3 is 19.7 Å². The summed E-state index contributed by atoms with van der Waals surface area (Å²) in [5, 5.41) is 3.26. The van der Waals surface area contributed by atoms with Crippen LogP contribution in [0.2, 0.25) is 0 Å². The van der Waals surface area contributed by atoms with Crippen LogP contribution in [0.5, 0.6) is 6.01 Å². The molecule has 18 heteroatoms. The summed E-state index contributed by atoms with van der Waals surface area (Å²) in [6.45, 7) is 15.0. The number of halogens is 1. The minimum atomic E-state index is -4.17. The van der Waals surface area contributed by atoms with Crippen LogP contribution < -0.4 is 14.8 Å². The fourth-order valence-corrected chi connectivity index (χ4v) is 10.1. The first-order valence-corrected chi connectivity index (χ1v) is 23.4. The monoisotopic (exact) mass is 885 g/mol. The average molecular weight is 886 g/mol. The van der Waals surface area contributed by atoms with Crippen LogP contribution in [-0.4, -0.2) is 100 Å². The fraction of sp³-hybridized carbons (Fsp3) is 0.628. The summed E-state index contributed by atoms with van der Waals surface area (Å²) in [5.41, 5.74) is -0.0615. The van der Waals surface area contributed by atoms with Gasteiger partial charge >= 0.3 is 16.3 Å². The van der Waals surface area contributed by atoms with Crippen LogP contribution in [0.3, 0.4) is 0 Å². The van der Waals surface area contributed by atoms with Gasteiger partial charge in [0.1, 0.15) is 34.1 Å². The maximum Gasteiger partial charge on any atom is 0.408 e. The number of ether oxygens (including phenoxy) is 2. The third kappa shape index (κ3) is 9.96. The molecule has 0 radical (unpaired) electrons. The highest BCUT2D eigenvalue weighted by molar-refractivity contribution is 7.87. The van der Waals surface area contributed by atoms with Gasteiger partial charge in [-0.25, -0.2) is 18.9 Å². The molecular formula is C43H60FN7O8S2. The van der Waals surface area contributed by atoms with Crippen LogP contribution in [0.1, 0.15) is 122 Å². The number of fused-ring (bicyclic) bond motifs is 3. The zero-order chi connectivity index (χ0) is 44.8. The Bertz CT molecular complexity index is 2310. The summed E-state index contributed by atoms with van der Waals surface area (Å²) in [4.78, 5) is 68.4. The predicted octanol–water partition coefficient (Wildman–Crippen LogP) is 6.96. The minimum absolute atomic E-state index is 0.0177. The Morgan fingerprint density at radius 3 is 2.44 bits per heavy atom. The fourth-order valence-electron chi connectivity index (χ4n) is 8.36. The van der Waals surface area contributed by atoms with Crippen molar-refractivity contribution in [2.24, 2.45) is 11.3 Å². The van der Waals surface area contributed by atoms with E-state index in [1.165, 1.54) is 36.4 Å². The number of rotatable bonds is 9. The van der Waals surface area contributed by atoms with E-state index in [9.17, 15) is 27.6 Å². The van der Waals surface area contributed by atoms with Gasteiger partial charge in [0.15, 0.2) is 5.78 Å². The highest BCUT2D eigenvalue weighted by atomic mass is 32.2. The third-order valence-electron chi connectivity index (χ3n) is 11.6. The van der Waals surface area contributed by atoms with Crippen molar-refractivity contribution in [2.75, 3.05) is 20.6 Å². The zero-order valence-electron chi connectivity index (χ0n) is 36.8. The molecule has 3 aliphatic rings. The van der Waals surface area contributed by atoms with E-state index >= 15 is 4.39 Å². The highest BCUT2D eigenvalue weighted by Gasteiger charge is 2.61. The van der Waals surface area contributed by atoms with Gasteiger partial charge in [-0.05, 0) is 91.2 Å². The Kier molecular flexibility index (Phi) is 13.4. The lowest BCUT2D eigenvalue weighted by atomic mass is 9.91. The Labute approximate surface area is 362 Å². The lowest BCUT2D eigenvalue weighted by Gasteiger charge is -2.30. The molecule has 1 aliphatic carbocycles. The standard InChI is InChI=1S/C43H60FN7O8S2/c1-24(2)35-26(5)60-37(46-35)34-29(44)18-19-31-36(34)47-40(51(31)25(3)4)58-28-20-32-33(52)22-43(39(54)48-61(56,57)49(9)10)21-27(43)16-14-12-11-13-15-17-30(38(53)50(32)23-28)45-41(55)59-42(6,7)8/h14,16,18-19,24-25,27-28,30,32H,11-13,15,17,20-23H2,1-10H3,(H,45,55)(H,48,54)/b16-14-/t27-,28+,30-,32-,43+/m0/s1. The van der Waals surface area contributed by atoms with Gasteiger partial charge in [-0.1, -0.05) is 38.8 Å². The van der Waals surface area contributed by atoms with Gasteiger partial charge in [0.25, 0.3) is 6.01 Å². The summed E-state index contributed by atoms with van der Waals surface area (Å²) in [6.07, 6.45) is 5.29. The molecule has 2 fully saturated rings. The molecule has 0 bridgehead atoms. The van der Waals surface area contributed by atoms with Crippen molar-refractivity contribution in [3.8, 4) is 16.6 Å². The van der Waals surface area contributed by atoms with E-state index in [0.717, 1.165) is 27.7 Å². The topological polar surface area (TPSA) is 182 Å². The molecule has 0 unspecified atom stereocenters. The number of alkyl carbamates (subject to hydrolysis) is 1. The largest absolute Gasteiger partial charge is 0.459 e. The van der Waals surface area contributed by atoms with Gasteiger partial charge in [-0.2, -0.15) is 17.7 Å². The molecule has 15 nitrogen and oxygen atoms in total. The molecule has 1 aromatic carbocycles. The summed E-state index contributed by atoms with van der Waals surface area (Å²) in [7, 11) is -1.56. The number of imidazole rings is 1. The highest BCUT2D eigenvalue weighted by Crippen LogP contribution is 2.57. The number of aryl methyl sites for hydroxylation is 1. The van der Waals surface area contributed by atoms with Crippen LogP contribution in [-0.2, 0) is 29.3 Å². The summed E-state index contributed by atoms with van der Waals surface area (Å²) in [6, 6.07) is 0.885. The van der Waals surface area contributed by atoms with E-state index in [1.807, 2.05) is 51.3 Å². The van der Waals surface area contributed by atoms with Crippen molar-refractivity contribution in [1.29, 1.82) is 0 Å². The summed E-state index contributed by atoms with van der Waals surface area (Å²) >= 11 is 1.40. The molecule has 1 saturated carbocycles. The molecule has 0 spiro atoms. The number of hydrogen-bond acceptors (Lipinski definition) is 11. The van der Waals surface area contributed by atoms with Crippen molar-refractivity contribution in [1.82, 2.24) is 33.8 Å². The second kappa shape index (κ2) is 17.8. The maximum atomic E-state index is 15.8. The Hall–Kier alpha value is -4.42. The zero-order valence-corrected chi connectivity index (χ0v) is 38.5. The molecule has 6 rings (SSSR count). The van der Waals surface area contributed by atoms with Crippen molar-refractivity contribution < 1.29 is 41.5 Å². The number of carbonyl (C=O) groups excluding carboxylic acids is 4. The quantitative estimate of drug-likeness (QED) is 0.213. The molecular weight excluding hydrogens is 826 g/mol. The van der Waals surface area contributed by atoms with E-state index in [-0.39, 0.29) is 55.8 Å². The van der Waals surface area contributed by atoms with Gasteiger partial charge in [-0.15, -0.1) is 11.3 Å². The molecule has 1 saturated heterocycles. The molecule has 334 valence electrons. The number of amides is 3.